The molecule has 0 unspecified atom stereocenters. The van der Waals surface area contributed by atoms with Gasteiger partial charge in [-0.15, -0.1) is 12.8 Å². The highest BCUT2D eigenvalue weighted by atomic mass is 16.5. The normalized spacial score (nSPS) is 10.1. The molecule has 156 valence electrons. The fourth-order valence-electron chi connectivity index (χ4n) is 3.19. The predicted molar refractivity (Wildman–Crippen MR) is 117 cm³/mol. The van der Waals surface area contributed by atoms with Crippen molar-refractivity contribution >= 4 is 11.2 Å². The smallest absolute Gasteiger partial charge is 0.333 e. The summed E-state index contributed by atoms with van der Waals surface area (Å²) in [6, 6.07) is 5.23. The Labute approximate surface area is 179 Å². The Hall–Kier alpha value is -4.35. The Morgan fingerprint density at radius 1 is 0.968 bits per heavy atom. The first-order valence-electron chi connectivity index (χ1n) is 9.35. The zero-order chi connectivity index (χ0) is 22.5. The Morgan fingerprint density at radius 2 is 1.65 bits per heavy atom. The second kappa shape index (κ2) is 8.98. The first kappa shape index (κ1) is 21.4. The molecule has 31 heavy (non-hydrogen) atoms. The summed E-state index contributed by atoms with van der Waals surface area (Å²) in [6.45, 7) is 1.98. The van der Waals surface area contributed by atoms with Gasteiger partial charge in [-0.1, -0.05) is 17.8 Å². The number of ether oxygens (including phenoxy) is 2. The second-order valence-corrected chi connectivity index (χ2v) is 6.34. The molecule has 0 spiro atoms. The van der Waals surface area contributed by atoms with Gasteiger partial charge in [-0.2, -0.15) is 0 Å². The van der Waals surface area contributed by atoms with E-state index >= 15 is 0 Å². The van der Waals surface area contributed by atoms with Crippen LogP contribution in [0, 0.1) is 36.5 Å². The topological polar surface area (TPSA) is 80.3 Å². The summed E-state index contributed by atoms with van der Waals surface area (Å²) in [6.07, 6.45) is 10.9. The number of aryl methyl sites for hydroxylation is 1. The molecule has 0 saturated carbocycles. The number of hydrogen-bond acceptors (Lipinski definition) is 5. The first-order chi connectivity index (χ1) is 15.0. The van der Waals surface area contributed by atoms with Gasteiger partial charge < -0.3 is 9.47 Å². The number of methoxy groups -OCH3 is 2. The molecule has 0 atom stereocenters. The van der Waals surface area contributed by atoms with Crippen molar-refractivity contribution in [1.82, 2.24) is 18.7 Å². The quantitative estimate of drug-likeness (QED) is 0.581. The zero-order valence-corrected chi connectivity index (χ0v) is 17.4. The van der Waals surface area contributed by atoms with Crippen LogP contribution in [0.15, 0.2) is 27.8 Å². The summed E-state index contributed by atoms with van der Waals surface area (Å²) in [4.78, 5) is 30.1. The van der Waals surface area contributed by atoms with Gasteiger partial charge in [0.1, 0.15) is 0 Å². The Balaban J connectivity index is 2.27. The fraction of sp³-hybridized carbons (Fsp3) is 0.261. The minimum atomic E-state index is -0.551. The Morgan fingerprint density at radius 3 is 2.26 bits per heavy atom. The second-order valence-electron chi connectivity index (χ2n) is 6.34. The van der Waals surface area contributed by atoms with Crippen molar-refractivity contribution in [3.05, 3.63) is 50.4 Å². The molecular weight excluding hydrogens is 396 g/mol. The van der Waals surface area contributed by atoms with Crippen LogP contribution in [0.2, 0.25) is 0 Å². The van der Waals surface area contributed by atoms with Crippen molar-refractivity contribution in [1.29, 1.82) is 0 Å². The molecule has 0 aliphatic rings. The molecule has 8 nitrogen and oxygen atoms in total. The SMILES string of the molecule is C#CCn1c(=O)c2c(nc(C#Cc3ccc(OC)c(OC)c3)n2CC#C)n(CC)c1=O. The molecule has 3 aromatic rings. The van der Waals surface area contributed by atoms with Gasteiger partial charge in [-0.25, -0.2) is 14.3 Å². The van der Waals surface area contributed by atoms with Gasteiger partial charge in [0.2, 0.25) is 0 Å². The first-order valence-corrected chi connectivity index (χ1v) is 9.35. The molecule has 0 bridgehead atoms. The van der Waals surface area contributed by atoms with Crippen LogP contribution < -0.4 is 20.7 Å². The fourth-order valence-corrected chi connectivity index (χ4v) is 3.19. The van der Waals surface area contributed by atoms with Gasteiger partial charge in [0.05, 0.1) is 27.3 Å². The lowest BCUT2D eigenvalue weighted by Crippen LogP contribution is -2.40. The molecule has 3 rings (SSSR count). The maximum absolute atomic E-state index is 13.0. The van der Waals surface area contributed by atoms with Crippen LogP contribution in [0.25, 0.3) is 11.2 Å². The van der Waals surface area contributed by atoms with Crippen molar-refractivity contribution in [2.75, 3.05) is 14.2 Å². The maximum atomic E-state index is 13.0. The molecule has 2 heterocycles. The van der Waals surface area contributed by atoms with Crippen molar-refractivity contribution in [2.45, 2.75) is 26.6 Å². The van der Waals surface area contributed by atoms with Crippen LogP contribution >= 0.6 is 0 Å². The molecule has 0 amide bonds. The van der Waals surface area contributed by atoms with Crippen LogP contribution in [-0.4, -0.2) is 32.9 Å². The van der Waals surface area contributed by atoms with Crippen molar-refractivity contribution in [3.63, 3.8) is 0 Å². The van der Waals surface area contributed by atoms with Crippen molar-refractivity contribution in [3.8, 4) is 48.0 Å². The van der Waals surface area contributed by atoms with E-state index in [1.165, 1.54) is 16.2 Å². The Bertz CT molecular complexity index is 1420. The largest absolute Gasteiger partial charge is 0.493 e. The molecular formula is C23H20N4O4. The van der Waals surface area contributed by atoms with E-state index in [9.17, 15) is 9.59 Å². The molecule has 0 N–H and O–H groups in total. The number of terminal acetylenes is 2. The van der Waals surface area contributed by atoms with Gasteiger partial charge in [0.25, 0.3) is 5.56 Å². The number of benzene rings is 1. The van der Waals surface area contributed by atoms with Gasteiger partial charge >= 0.3 is 5.69 Å². The van der Waals surface area contributed by atoms with E-state index in [1.54, 1.807) is 32.2 Å². The number of imidazole rings is 1. The minimum Gasteiger partial charge on any atom is -0.493 e. The summed E-state index contributed by atoms with van der Waals surface area (Å²) in [5.74, 6) is 12.2. The lowest BCUT2D eigenvalue weighted by molar-refractivity contribution is 0.355. The lowest BCUT2D eigenvalue weighted by atomic mass is 10.2. The number of aromatic nitrogens is 4. The minimum absolute atomic E-state index is 0.0552. The summed E-state index contributed by atoms with van der Waals surface area (Å²) < 4.78 is 14.4. The maximum Gasteiger partial charge on any atom is 0.333 e. The summed E-state index contributed by atoms with van der Waals surface area (Å²) in [5.41, 5.74) is -0.0224. The average molecular weight is 416 g/mol. The van der Waals surface area contributed by atoms with E-state index < -0.39 is 11.2 Å². The third-order valence-electron chi connectivity index (χ3n) is 4.63. The van der Waals surface area contributed by atoms with E-state index in [0.717, 1.165) is 4.57 Å². The third kappa shape index (κ3) is 3.77. The van der Waals surface area contributed by atoms with E-state index in [2.05, 4.69) is 28.7 Å². The highest BCUT2D eigenvalue weighted by molar-refractivity contribution is 5.72. The van der Waals surface area contributed by atoms with Gasteiger partial charge in [-0.3, -0.25) is 13.9 Å². The van der Waals surface area contributed by atoms with Gasteiger partial charge in [0.15, 0.2) is 28.5 Å². The van der Waals surface area contributed by atoms with E-state index in [4.69, 9.17) is 22.3 Å². The third-order valence-corrected chi connectivity index (χ3v) is 4.63. The zero-order valence-electron chi connectivity index (χ0n) is 17.4. The number of nitrogens with zero attached hydrogens (tertiary/aromatic N) is 4. The monoisotopic (exact) mass is 416 g/mol. The molecule has 2 aromatic heterocycles. The van der Waals surface area contributed by atoms with Gasteiger partial charge in [0, 0.05) is 12.1 Å². The average Bonchev–Trinajstić information content (AvgIpc) is 3.13. The van der Waals surface area contributed by atoms with E-state index in [-0.39, 0.29) is 30.1 Å². The van der Waals surface area contributed by atoms with E-state index in [0.29, 0.717) is 23.6 Å². The van der Waals surface area contributed by atoms with Crippen LogP contribution in [-0.2, 0) is 19.6 Å². The highest BCUT2D eigenvalue weighted by Crippen LogP contribution is 2.27. The van der Waals surface area contributed by atoms with Crippen LogP contribution in [0.4, 0.5) is 0 Å². The number of fused-ring (bicyclic) bond motifs is 1. The van der Waals surface area contributed by atoms with Gasteiger partial charge in [-0.05, 0) is 31.0 Å². The van der Waals surface area contributed by atoms with E-state index in [1.807, 2.05) is 0 Å². The summed E-state index contributed by atoms with van der Waals surface area (Å²) >= 11 is 0. The van der Waals surface area contributed by atoms with Crippen molar-refractivity contribution in [2.24, 2.45) is 0 Å². The highest BCUT2D eigenvalue weighted by Gasteiger charge is 2.19. The lowest BCUT2D eigenvalue weighted by Gasteiger charge is -2.08. The molecule has 0 saturated heterocycles. The summed E-state index contributed by atoms with van der Waals surface area (Å²) in [5, 5.41) is 0. The molecule has 0 fully saturated rings. The molecule has 8 heteroatoms. The molecule has 0 radical (unpaired) electrons. The standard InChI is InChI=1S/C23H20N4O4/c1-6-13-26-19(12-10-16-9-11-17(30-4)18(15-16)31-5)24-21-20(26)22(28)27(14-7-2)23(29)25(21)8-3/h1-2,9,11,15H,8,13-14H2,3-5H3. The molecule has 0 aliphatic carbocycles. The number of rotatable bonds is 5. The summed E-state index contributed by atoms with van der Waals surface area (Å²) in [7, 11) is 3.08. The number of hydrogen-bond donors (Lipinski definition) is 0. The predicted octanol–water partition coefficient (Wildman–Crippen LogP) is 1.06. The van der Waals surface area contributed by atoms with Crippen molar-refractivity contribution < 1.29 is 9.47 Å². The Kier molecular flexibility index (Phi) is 6.19. The van der Waals surface area contributed by atoms with Crippen LogP contribution in [0.3, 0.4) is 0 Å². The molecule has 1 aromatic carbocycles. The van der Waals surface area contributed by atoms with Crippen LogP contribution in [0.5, 0.6) is 11.5 Å². The van der Waals surface area contributed by atoms with Crippen LogP contribution in [0.1, 0.15) is 18.3 Å². The molecule has 0 aliphatic heterocycles.